The lowest BCUT2D eigenvalue weighted by Gasteiger charge is -2.39. The fourth-order valence-corrected chi connectivity index (χ4v) is 2.85. The van der Waals surface area contributed by atoms with E-state index in [-0.39, 0.29) is 11.9 Å². The summed E-state index contributed by atoms with van der Waals surface area (Å²) in [6.45, 7) is 3.94. The van der Waals surface area contributed by atoms with Gasteiger partial charge in [0.15, 0.2) is 0 Å². The normalized spacial score (nSPS) is 24.9. The topological polar surface area (TPSA) is 61.6 Å². The Morgan fingerprint density at radius 2 is 2.00 bits per heavy atom. The molecule has 0 aromatic heterocycles. The highest BCUT2D eigenvalue weighted by atomic mass is 16.2. The third-order valence-electron chi connectivity index (χ3n) is 4.08. The van der Waals surface area contributed by atoms with Crippen LogP contribution < -0.4 is 11.1 Å². The van der Waals surface area contributed by atoms with Crippen molar-refractivity contribution in [1.29, 1.82) is 0 Å². The van der Waals surface area contributed by atoms with Crippen molar-refractivity contribution in [2.75, 3.05) is 44.3 Å². The van der Waals surface area contributed by atoms with E-state index in [1.165, 1.54) is 0 Å². The van der Waals surface area contributed by atoms with Crippen LogP contribution in [0.4, 0.5) is 11.4 Å². The fraction of sp³-hybridized carbons (Fsp3) is 0.500. The van der Waals surface area contributed by atoms with Crippen LogP contribution >= 0.6 is 0 Å². The number of nitrogens with one attached hydrogen (secondary N) is 1. The van der Waals surface area contributed by atoms with Crippen molar-refractivity contribution >= 4 is 17.3 Å². The van der Waals surface area contributed by atoms with Gasteiger partial charge in [0, 0.05) is 37.6 Å². The van der Waals surface area contributed by atoms with E-state index in [9.17, 15) is 4.79 Å². The van der Waals surface area contributed by atoms with Gasteiger partial charge >= 0.3 is 0 Å². The third kappa shape index (κ3) is 2.43. The van der Waals surface area contributed by atoms with Crippen molar-refractivity contribution in [3.63, 3.8) is 0 Å². The number of likely N-dealkylation sites (N-methyl/N-ethyl adjacent to an activating group) is 1. The summed E-state index contributed by atoms with van der Waals surface area (Å²) in [7, 11) is 2.12. The van der Waals surface area contributed by atoms with Crippen LogP contribution in [-0.4, -0.2) is 55.0 Å². The number of carbonyl (C=O) groups excluding carboxylic acids is 1. The van der Waals surface area contributed by atoms with Crippen LogP contribution in [0.3, 0.4) is 0 Å². The molecule has 3 N–H and O–H groups in total. The molecule has 1 aromatic rings. The highest BCUT2D eigenvalue weighted by Gasteiger charge is 2.32. The highest BCUT2D eigenvalue weighted by molar-refractivity contribution is 5.98. The SMILES string of the molecule is CN1CCN(C2Cc3cc(N)ccc3NC2=O)CC1. The lowest BCUT2D eigenvalue weighted by molar-refractivity contribution is -0.122. The number of anilines is 2. The number of piperazine rings is 1. The molecule has 102 valence electrons. The number of rotatable bonds is 1. The first kappa shape index (κ1) is 12.4. The van der Waals surface area contributed by atoms with Gasteiger partial charge in [0.2, 0.25) is 5.91 Å². The second kappa shape index (κ2) is 4.83. The molecule has 2 aliphatic rings. The quantitative estimate of drug-likeness (QED) is 0.717. The van der Waals surface area contributed by atoms with Crippen molar-refractivity contribution in [3.05, 3.63) is 23.8 Å². The largest absolute Gasteiger partial charge is 0.399 e. The molecule has 1 atom stereocenters. The zero-order valence-corrected chi connectivity index (χ0v) is 11.2. The molecule has 19 heavy (non-hydrogen) atoms. The molecule has 0 aliphatic carbocycles. The number of hydrogen-bond donors (Lipinski definition) is 2. The Balaban J connectivity index is 1.79. The smallest absolute Gasteiger partial charge is 0.242 e. The third-order valence-corrected chi connectivity index (χ3v) is 4.08. The number of nitrogen functional groups attached to an aromatic ring is 1. The van der Waals surface area contributed by atoms with Crippen molar-refractivity contribution < 1.29 is 4.79 Å². The fourth-order valence-electron chi connectivity index (χ4n) is 2.85. The molecular weight excluding hydrogens is 240 g/mol. The molecular formula is C14H20N4O. The van der Waals surface area contributed by atoms with E-state index in [4.69, 9.17) is 5.73 Å². The van der Waals surface area contributed by atoms with Gasteiger partial charge in [0.25, 0.3) is 0 Å². The molecule has 5 nitrogen and oxygen atoms in total. The zero-order chi connectivity index (χ0) is 13.4. The zero-order valence-electron chi connectivity index (χ0n) is 11.2. The Bertz CT molecular complexity index is 494. The Labute approximate surface area is 113 Å². The minimum atomic E-state index is -0.0528. The van der Waals surface area contributed by atoms with Crippen LogP contribution in [0.25, 0.3) is 0 Å². The van der Waals surface area contributed by atoms with E-state index in [1.54, 1.807) is 0 Å². The first-order valence-electron chi connectivity index (χ1n) is 6.75. The average molecular weight is 260 g/mol. The van der Waals surface area contributed by atoms with Crippen LogP contribution in [0, 0.1) is 0 Å². The van der Waals surface area contributed by atoms with Gasteiger partial charge in [-0.3, -0.25) is 9.69 Å². The maximum absolute atomic E-state index is 12.2. The number of benzene rings is 1. The number of hydrogen-bond acceptors (Lipinski definition) is 4. The summed E-state index contributed by atoms with van der Waals surface area (Å²) >= 11 is 0. The Kier molecular flexibility index (Phi) is 3.16. The molecule has 5 heteroatoms. The van der Waals surface area contributed by atoms with Gasteiger partial charge in [-0.25, -0.2) is 0 Å². The van der Waals surface area contributed by atoms with E-state index >= 15 is 0 Å². The molecule has 0 bridgehead atoms. The molecule has 0 spiro atoms. The van der Waals surface area contributed by atoms with Gasteiger partial charge in [-0.2, -0.15) is 0 Å². The first-order chi connectivity index (χ1) is 9.13. The summed E-state index contributed by atoms with van der Waals surface area (Å²) in [5, 5.41) is 3.00. The number of nitrogens with two attached hydrogens (primary N) is 1. The van der Waals surface area contributed by atoms with Crippen LogP contribution in [0.2, 0.25) is 0 Å². The first-order valence-corrected chi connectivity index (χ1v) is 6.75. The summed E-state index contributed by atoms with van der Waals surface area (Å²) in [5.74, 6) is 0.113. The van der Waals surface area contributed by atoms with E-state index in [2.05, 4.69) is 22.2 Å². The van der Waals surface area contributed by atoms with E-state index in [0.717, 1.165) is 49.5 Å². The van der Waals surface area contributed by atoms with Gasteiger partial charge in [-0.15, -0.1) is 0 Å². The number of fused-ring (bicyclic) bond motifs is 1. The Hall–Kier alpha value is -1.59. The minimum absolute atomic E-state index is 0.0528. The van der Waals surface area contributed by atoms with Crippen molar-refractivity contribution in [1.82, 2.24) is 9.80 Å². The van der Waals surface area contributed by atoms with Gasteiger partial charge in [-0.1, -0.05) is 0 Å². The molecule has 1 fully saturated rings. The Morgan fingerprint density at radius 1 is 1.26 bits per heavy atom. The van der Waals surface area contributed by atoms with Crippen LogP contribution in [0.5, 0.6) is 0 Å². The second-order valence-corrected chi connectivity index (χ2v) is 5.47. The molecule has 0 radical (unpaired) electrons. The molecule has 0 saturated carbocycles. The minimum Gasteiger partial charge on any atom is -0.399 e. The molecule has 2 heterocycles. The van der Waals surface area contributed by atoms with Crippen molar-refractivity contribution in [2.24, 2.45) is 0 Å². The summed E-state index contributed by atoms with van der Waals surface area (Å²) in [6.07, 6.45) is 0.760. The van der Waals surface area contributed by atoms with Crippen molar-refractivity contribution in [2.45, 2.75) is 12.5 Å². The predicted molar refractivity (Wildman–Crippen MR) is 76.0 cm³/mol. The molecule has 1 unspecified atom stereocenters. The second-order valence-electron chi connectivity index (χ2n) is 5.47. The predicted octanol–water partition coefficient (Wildman–Crippen LogP) is 0.379. The Morgan fingerprint density at radius 3 is 2.74 bits per heavy atom. The summed E-state index contributed by atoms with van der Waals surface area (Å²) in [6, 6.07) is 5.64. The summed E-state index contributed by atoms with van der Waals surface area (Å²) in [4.78, 5) is 16.8. The molecule has 1 amide bonds. The van der Waals surface area contributed by atoms with Crippen LogP contribution in [0.1, 0.15) is 5.56 Å². The van der Waals surface area contributed by atoms with Crippen LogP contribution in [0.15, 0.2) is 18.2 Å². The number of amides is 1. The molecule has 2 aliphatic heterocycles. The average Bonchev–Trinajstić information content (AvgIpc) is 2.40. The van der Waals surface area contributed by atoms with Gasteiger partial charge in [0.05, 0.1) is 6.04 Å². The molecule has 1 aromatic carbocycles. The van der Waals surface area contributed by atoms with E-state index < -0.39 is 0 Å². The van der Waals surface area contributed by atoms with Crippen LogP contribution in [-0.2, 0) is 11.2 Å². The molecule has 3 rings (SSSR count). The van der Waals surface area contributed by atoms with Crippen molar-refractivity contribution in [3.8, 4) is 0 Å². The van der Waals surface area contributed by atoms with Gasteiger partial charge in [0.1, 0.15) is 0 Å². The van der Waals surface area contributed by atoms with E-state index in [0.29, 0.717) is 0 Å². The highest BCUT2D eigenvalue weighted by Crippen LogP contribution is 2.27. The maximum atomic E-state index is 12.2. The lowest BCUT2D eigenvalue weighted by Crippen LogP contribution is -2.54. The van der Waals surface area contributed by atoms with Gasteiger partial charge in [-0.05, 0) is 37.2 Å². The maximum Gasteiger partial charge on any atom is 0.242 e. The molecule has 1 saturated heterocycles. The number of carbonyl (C=O) groups is 1. The number of nitrogens with zero attached hydrogens (tertiary/aromatic N) is 2. The lowest BCUT2D eigenvalue weighted by atomic mass is 9.97. The standard InChI is InChI=1S/C14H20N4O/c1-17-4-6-18(7-5-17)13-9-10-8-11(15)2-3-12(10)16-14(13)19/h2-3,8,13H,4-7,9,15H2,1H3,(H,16,19). The summed E-state index contributed by atoms with van der Waals surface area (Å²) in [5.41, 5.74) is 8.63. The van der Waals surface area contributed by atoms with E-state index in [1.807, 2.05) is 18.2 Å². The summed E-state index contributed by atoms with van der Waals surface area (Å²) < 4.78 is 0. The monoisotopic (exact) mass is 260 g/mol. The van der Waals surface area contributed by atoms with Gasteiger partial charge < -0.3 is 16.0 Å².